The van der Waals surface area contributed by atoms with E-state index in [4.69, 9.17) is 9.15 Å². The van der Waals surface area contributed by atoms with Crippen LogP contribution >= 0.6 is 11.3 Å². The van der Waals surface area contributed by atoms with Crippen LogP contribution in [0.5, 0.6) is 0 Å². The number of benzene rings is 1. The van der Waals surface area contributed by atoms with Gasteiger partial charge in [-0.1, -0.05) is 36.4 Å². The predicted molar refractivity (Wildman–Crippen MR) is 106 cm³/mol. The van der Waals surface area contributed by atoms with Gasteiger partial charge in [0, 0.05) is 17.8 Å². The van der Waals surface area contributed by atoms with Crippen molar-refractivity contribution in [3.8, 4) is 10.8 Å². The summed E-state index contributed by atoms with van der Waals surface area (Å²) >= 11 is 1.54. The zero-order valence-electron chi connectivity index (χ0n) is 14.9. The molecule has 0 fully saturated rings. The molecule has 7 heteroatoms. The summed E-state index contributed by atoms with van der Waals surface area (Å²) in [5.74, 6) is 0.0823. The fraction of sp³-hybridized carbons (Fsp3) is 0.0952. The van der Waals surface area contributed by atoms with Crippen LogP contribution in [-0.2, 0) is 22.7 Å². The Kier molecular flexibility index (Phi) is 5.44. The normalized spacial score (nSPS) is 11.1. The molecule has 1 aromatic carbocycles. The fourth-order valence-electron chi connectivity index (χ4n) is 2.57. The summed E-state index contributed by atoms with van der Waals surface area (Å²) in [7, 11) is 0. The van der Waals surface area contributed by atoms with Crippen molar-refractivity contribution >= 4 is 23.4 Å². The molecule has 0 aliphatic rings. The number of carbonyl (C=O) groups excluding carboxylic acids is 1. The second-order valence-corrected chi connectivity index (χ2v) is 6.97. The van der Waals surface area contributed by atoms with E-state index >= 15 is 0 Å². The first-order chi connectivity index (χ1) is 13.8. The molecular formula is C21H17N3O3S. The molecule has 6 nitrogen and oxygen atoms in total. The predicted octanol–water partition coefficient (Wildman–Crippen LogP) is 4.40. The van der Waals surface area contributed by atoms with Crippen molar-refractivity contribution < 1.29 is 13.9 Å². The maximum absolute atomic E-state index is 11.9. The summed E-state index contributed by atoms with van der Waals surface area (Å²) < 4.78 is 12.4. The third kappa shape index (κ3) is 4.63. The Labute approximate surface area is 165 Å². The number of rotatable bonds is 7. The highest BCUT2D eigenvalue weighted by molar-refractivity contribution is 7.13. The molecule has 0 aliphatic carbocycles. The van der Waals surface area contributed by atoms with Gasteiger partial charge in [-0.25, -0.2) is 9.78 Å². The number of carbonyl (C=O) groups is 1. The molecule has 4 aromatic rings. The van der Waals surface area contributed by atoms with Gasteiger partial charge in [-0.3, -0.25) is 4.68 Å². The van der Waals surface area contributed by atoms with E-state index in [0.717, 1.165) is 16.0 Å². The Balaban J connectivity index is 1.28. The lowest BCUT2D eigenvalue weighted by molar-refractivity contribution is -0.139. The molecule has 0 aliphatic heterocycles. The van der Waals surface area contributed by atoms with Gasteiger partial charge in [0.25, 0.3) is 0 Å². The van der Waals surface area contributed by atoms with Crippen molar-refractivity contribution in [3.05, 3.63) is 89.4 Å². The van der Waals surface area contributed by atoms with Crippen molar-refractivity contribution in [2.45, 2.75) is 13.2 Å². The van der Waals surface area contributed by atoms with Crippen molar-refractivity contribution in [2.75, 3.05) is 0 Å². The first-order valence-corrected chi connectivity index (χ1v) is 9.54. The van der Waals surface area contributed by atoms with Crippen LogP contribution in [0.15, 0.2) is 77.0 Å². The minimum atomic E-state index is -0.448. The van der Waals surface area contributed by atoms with Gasteiger partial charge >= 0.3 is 5.97 Å². The zero-order valence-corrected chi connectivity index (χ0v) is 15.7. The summed E-state index contributed by atoms with van der Waals surface area (Å²) in [6.07, 6.45) is 8.14. The van der Waals surface area contributed by atoms with Crippen LogP contribution in [-0.4, -0.2) is 20.7 Å². The summed E-state index contributed by atoms with van der Waals surface area (Å²) in [5.41, 5.74) is 2.56. The average Bonchev–Trinajstić information content (AvgIpc) is 3.47. The van der Waals surface area contributed by atoms with Crippen LogP contribution in [0.2, 0.25) is 0 Å². The average molecular weight is 391 g/mol. The maximum atomic E-state index is 11.9. The summed E-state index contributed by atoms with van der Waals surface area (Å²) in [6, 6.07) is 13.9. The van der Waals surface area contributed by atoms with E-state index < -0.39 is 5.97 Å². The summed E-state index contributed by atoms with van der Waals surface area (Å²) in [6.45, 7) is 0.739. The lowest BCUT2D eigenvalue weighted by Crippen LogP contribution is -2.01. The number of oxazole rings is 1. The molecule has 0 N–H and O–H groups in total. The van der Waals surface area contributed by atoms with Crippen LogP contribution in [0.4, 0.5) is 0 Å². The largest absolute Gasteiger partial charge is 0.456 e. The smallest absolute Gasteiger partial charge is 0.331 e. The van der Waals surface area contributed by atoms with E-state index in [2.05, 4.69) is 10.1 Å². The number of ether oxygens (including phenoxy) is 1. The lowest BCUT2D eigenvalue weighted by atomic mass is 10.2. The van der Waals surface area contributed by atoms with Crippen molar-refractivity contribution in [2.24, 2.45) is 0 Å². The van der Waals surface area contributed by atoms with Gasteiger partial charge in [0.05, 0.1) is 17.6 Å². The van der Waals surface area contributed by atoms with Gasteiger partial charge < -0.3 is 9.15 Å². The summed E-state index contributed by atoms with van der Waals surface area (Å²) in [4.78, 5) is 17.2. The van der Waals surface area contributed by atoms with Crippen molar-refractivity contribution in [1.82, 2.24) is 14.8 Å². The monoisotopic (exact) mass is 391 g/mol. The van der Waals surface area contributed by atoms with Gasteiger partial charge in [0.1, 0.15) is 18.6 Å². The Morgan fingerprint density at radius 3 is 2.93 bits per heavy atom. The van der Waals surface area contributed by atoms with Gasteiger partial charge in [-0.15, -0.1) is 11.3 Å². The molecular weight excluding hydrogens is 374 g/mol. The molecule has 0 amide bonds. The van der Waals surface area contributed by atoms with E-state index in [1.807, 2.05) is 58.7 Å². The SMILES string of the molecule is O=C(/C=C/c1cnn(Cc2ccccc2)c1)OCc1coc(-c2cccs2)n1. The zero-order chi connectivity index (χ0) is 19.2. The standard InChI is InChI=1S/C21H17N3O3S/c25-20(26-14-18-15-27-21(23-18)19-7-4-10-28-19)9-8-17-11-22-24(13-17)12-16-5-2-1-3-6-16/h1-11,13,15H,12,14H2/b9-8+. The minimum absolute atomic E-state index is 0.0608. The molecule has 3 aromatic heterocycles. The molecule has 0 saturated heterocycles. The van der Waals surface area contributed by atoms with E-state index in [1.54, 1.807) is 12.3 Å². The Hall–Kier alpha value is -3.45. The number of hydrogen-bond donors (Lipinski definition) is 0. The van der Waals surface area contributed by atoms with Gasteiger partial charge in [-0.05, 0) is 23.1 Å². The quantitative estimate of drug-likeness (QED) is 0.345. The Bertz CT molecular complexity index is 1070. The molecule has 140 valence electrons. The first-order valence-electron chi connectivity index (χ1n) is 8.66. The van der Waals surface area contributed by atoms with E-state index in [0.29, 0.717) is 18.1 Å². The molecule has 4 rings (SSSR count). The van der Waals surface area contributed by atoms with Crippen LogP contribution in [0.1, 0.15) is 16.8 Å². The van der Waals surface area contributed by atoms with E-state index in [1.165, 1.54) is 23.7 Å². The number of esters is 1. The molecule has 28 heavy (non-hydrogen) atoms. The highest BCUT2D eigenvalue weighted by Gasteiger charge is 2.09. The van der Waals surface area contributed by atoms with Crippen molar-refractivity contribution in [3.63, 3.8) is 0 Å². The number of aromatic nitrogens is 3. The fourth-order valence-corrected chi connectivity index (χ4v) is 3.22. The second-order valence-electron chi connectivity index (χ2n) is 6.02. The van der Waals surface area contributed by atoms with E-state index in [9.17, 15) is 4.79 Å². The van der Waals surface area contributed by atoms with Crippen molar-refractivity contribution in [1.29, 1.82) is 0 Å². The van der Waals surface area contributed by atoms with Crippen LogP contribution in [0.25, 0.3) is 16.8 Å². The first kappa shape index (κ1) is 17.9. The molecule has 0 saturated carbocycles. The third-order valence-electron chi connectivity index (χ3n) is 3.90. The minimum Gasteiger partial charge on any atom is -0.456 e. The summed E-state index contributed by atoms with van der Waals surface area (Å²) in [5, 5.41) is 6.25. The van der Waals surface area contributed by atoms with Crippen LogP contribution < -0.4 is 0 Å². The van der Waals surface area contributed by atoms with E-state index in [-0.39, 0.29) is 6.61 Å². The molecule has 0 radical (unpaired) electrons. The number of thiophene rings is 1. The molecule has 3 heterocycles. The second kappa shape index (κ2) is 8.49. The van der Waals surface area contributed by atoms with Gasteiger partial charge in [-0.2, -0.15) is 5.10 Å². The Morgan fingerprint density at radius 1 is 1.21 bits per heavy atom. The maximum Gasteiger partial charge on any atom is 0.331 e. The molecule has 0 spiro atoms. The molecule has 0 bridgehead atoms. The van der Waals surface area contributed by atoms with Crippen LogP contribution in [0.3, 0.4) is 0 Å². The van der Waals surface area contributed by atoms with Gasteiger partial charge in [0.2, 0.25) is 5.89 Å². The highest BCUT2D eigenvalue weighted by Crippen LogP contribution is 2.23. The Morgan fingerprint density at radius 2 is 2.11 bits per heavy atom. The molecule has 0 atom stereocenters. The van der Waals surface area contributed by atoms with Gasteiger partial charge in [0.15, 0.2) is 0 Å². The number of nitrogens with zero attached hydrogens (tertiary/aromatic N) is 3. The van der Waals surface area contributed by atoms with Crippen LogP contribution in [0, 0.1) is 0 Å². The highest BCUT2D eigenvalue weighted by atomic mass is 32.1. The lowest BCUT2D eigenvalue weighted by Gasteiger charge is -2.00. The number of hydrogen-bond acceptors (Lipinski definition) is 6. The third-order valence-corrected chi connectivity index (χ3v) is 4.76. The topological polar surface area (TPSA) is 70.2 Å². The molecule has 0 unspecified atom stereocenters.